The van der Waals surface area contributed by atoms with Gasteiger partial charge in [0, 0.05) is 37.7 Å². The van der Waals surface area contributed by atoms with E-state index in [9.17, 15) is 4.79 Å². The molecule has 2 saturated heterocycles. The molecule has 28 heavy (non-hydrogen) atoms. The van der Waals surface area contributed by atoms with E-state index in [1.165, 1.54) is 5.69 Å². The highest BCUT2D eigenvalue weighted by atomic mass is 16.5. The Balaban J connectivity index is 1.49. The van der Waals surface area contributed by atoms with Crippen LogP contribution in [0.25, 0.3) is 0 Å². The molecule has 7 nitrogen and oxygen atoms in total. The van der Waals surface area contributed by atoms with Gasteiger partial charge in [-0.05, 0) is 59.1 Å². The van der Waals surface area contributed by atoms with Crippen LogP contribution < -0.4 is 0 Å². The van der Waals surface area contributed by atoms with Crippen molar-refractivity contribution in [3.63, 3.8) is 0 Å². The SMILES string of the molecule is Cc1cc(CN2CCC[C@@]3(CCC(=O)N3Cc3c(C)noc3C)CC2)n(C)n1. The average molecular weight is 386 g/mol. The molecule has 1 atom stereocenters. The van der Waals surface area contributed by atoms with Gasteiger partial charge >= 0.3 is 0 Å². The Morgan fingerprint density at radius 3 is 2.64 bits per heavy atom. The Labute approximate surface area is 166 Å². The van der Waals surface area contributed by atoms with Crippen LogP contribution in [-0.4, -0.2) is 49.3 Å². The van der Waals surface area contributed by atoms with E-state index in [1.54, 1.807) is 0 Å². The van der Waals surface area contributed by atoms with Crippen LogP contribution in [0, 0.1) is 20.8 Å². The van der Waals surface area contributed by atoms with E-state index in [0.717, 1.165) is 68.0 Å². The Morgan fingerprint density at radius 2 is 1.96 bits per heavy atom. The molecule has 2 aromatic heterocycles. The zero-order valence-corrected chi connectivity index (χ0v) is 17.5. The number of hydrogen-bond acceptors (Lipinski definition) is 5. The topological polar surface area (TPSA) is 67.4 Å². The largest absolute Gasteiger partial charge is 0.361 e. The minimum absolute atomic E-state index is 0.0235. The third-order valence-electron chi connectivity index (χ3n) is 6.67. The smallest absolute Gasteiger partial charge is 0.223 e. The molecular weight excluding hydrogens is 354 g/mol. The number of aryl methyl sites for hydroxylation is 4. The number of amides is 1. The number of likely N-dealkylation sites (tertiary alicyclic amines) is 2. The van der Waals surface area contributed by atoms with Gasteiger partial charge in [0.25, 0.3) is 0 Å². The normalized spacial score (nSPS) is 23.7. The second-order valence-corrected chi connectivity index (χ2v) is 8.54. The summed E-state index contributed by atoms with van der Waals surface area (Å²) in [5, 5.41) is 8.55. The minimum Gasteiger partial charge on any atom is -0.361 e. The van der Waals surface area contributed by atoms with E-state index >= 15 is 0 Å². The molecule has 1 spiro atoms. The minimum atomic E-state index is -0.0235. The van der Waals surface area contributed by atoms with E-state index in [2.05, 4.69) is 26.1 Å². The maximum Gasteiger partial charge on any atom is 0.223 e. The summed E-state index contributed by atoms with van der Waals surface area (Å²) in [6.45, 7) is 9.57. The first-order valence-corrected chi connectivity index (χ1v) is 10.3. The molecule has 4 heterocycles. The van der Waals surface area contributed by atoms with Crippen molar-refractivity contribution in [2.75, 3.05) is 13.1 Å². The van der Waals surface area contributed by atoms with Crippen molar-refractivity contribution in [1.29, 1.82) is 0 Å². The summed E-state index contributed by atoms with van der Waals surface area (Å²) in [5.74, 6) is 1.10. The van der Waals surface area contributed by atoms with Crippen LogP contribution in [0.1, 0.15) is 60.5 Å². The second kappa shape index (κ2) is 7.35. The fourth-order valence-corrected chi connectivity index (χ4v) is 4.97. The van der Waals surface area contributed by atoms with Gasteiger partial charge in [-0.3, -0.25) is 14.4 Å². The number of carbonyl (C=O) groups is 1. The van der Waals surface area contributed by atoms with Crippen LogP contribution in [0.3, 0.4) is 0 Å². The third kappa shape index (κ3) is 3.48. The molecule has 0 bridgehead atoms. The number of nitrogens with zero attached hydrogens (tertiary/aromatic N) is 5. The van der Waals surface area contributed by atoms with Gasteiger partial charge in [0.1, 0.15) is 5.76 Å². The first-order chi connectivity index (χ1) is 13.4. The predicted molar refractivity (Wildman–Crippen MR) is 106 cm³/mol. The predicted octanol–water partition coefficient (Wildman–Crippen LogP) is 2.88. The van der Waals surface area contributed by atoms with Gasteiger partial charge in [0.15, 0.2) is 0 Å². The third-order valence-corrected chi connectivity index (χ3v) is 6.67. The number of rotatable bonds is 4. The van der Waals surface area contributed by atoms with Gasteiger partial charge in [-0.15, -0.1) is 0 Å². The molecule has 7 heteroatoms. The molecule has 0 aromatic carbocycles. The lowest BCUT2D eigenvalue weighted by Crippen LogP contribution is -2.46. The number of hydrogen-bond donors (Lipinski definition) is 0. The molecule has 2 aromatic rings. The molecular formula is C21H31N5O2. The highest BCUT2D eigenvalue weighted by molar-refractivity contribution is 5.79. The maximum atomic E-state index is 12.8. The van der Waals surface area contributed by atoms with Crippen LogP contribution >= 0.6 is 0 Å². The van der Waals surface area contributed by atoms with Crippen LogP contribution in [0.4, 0.5) is 0 Å². The first kappa shape index (κ1) is 19.2. The molecule has 2 aliphatic heterocycles. The fourth-order valence-electron chi connectivity index (χ4n) is 4.97. The van der Waals surface area contributed by atoms with Crippen molar-refractivity contribution >= 4 is 5.91 Å². The van der Waals surface area contributed by atoms with Gasteiger partial charge in [-0.25, -0.2) is 0 Å². The first-order valence-electron chi connectivity index (χ1n) is 10.3. The Kier molecular flexibility index (Phi) is 5.04. The van der Waals surface area contributed by atoms with Gasteiger partial charge in [-0.1, -0.05) is 5.16 Å². The molecule has 2 aliphatic rings. The summed E-state index contributed by atoms with van der Waals surface area (Å²) in [4.78, 5) is 17.4. The molecule has 0 unspecified atom stereocenters. The Morgan fingerprint density at radius 1 is 1.14 bits per heavy atom. The van der Waals surface area contributed by atoms with Crippen molar-refractivity contribution in [1.82, 2.24) is 24.7 Å². The van der Waals surface area contributed by atoms with Crippen LogP contribution in [0.15, 0.2) is 10.6 Å². The van der Waals surface area contributed by atoms with Crippen molar-refractivity contribution < 1.29 is 9.32 Å². The average Bonchev–Trinajstić information content (AvgIpc) is 3.18. The van der Waals surface area contributed by atoms with Gasteiger partial charge in [0.2, 0.25) is 5.91 Å². The molecule has 152 valence electrons. The summed E-state index contributed by atoms with van der Waals surface area (Å²) in [6.07, 6.45) is 4.84. The van der Waals surface area contributed by atoms with Crippen LogP contribution in [-0.2, 0) is 24.9 Å². The summed E-state index contributed by atoms with van der Waals surface area (Å²) < 4.78 is 7.32. The summed E-state index contributed by atoms with van der Waals surface area (Å²) in [5.41, 5.74) is 4.26. The molecule has 0 N–H and O–H groups in total. The van der Waals surface area contributed by atoms with Crippen molar-refractivity contribution in [2.24, 2.45) is 7.05 Å². The van der Waals surface area contributed by atoms with E-state index in [-0.39, 0.29) is 11.4 Å². The fraction of sp³-hybridized carbons (Fsp3) is 0.667. The Bertz CT molecular complexity index is 851. The van der Waals surface area contributed by atoms with Crippen molar-refractivity contribution in [2.45, 2.75) is 71.5 Å². The molecule has 0 saturated carbocycles. The quantitative estimate of drug-likeness (QED) is 0.810. The van der Waals surface area contributed by atoms with E-state index in [4.69, 9.17) is 4.52 Å². The summed E-state index contributed by atoms with van der Waals surface area (Å²) in [6, 6.07) is 2.17. The number of aromatic nitrogens is 3. The zero-order valence-electron chi connectivity index (χ0n) is 17.5. The van der Waals surface area contributed by atoms with Gasteiger partial charge in [-0.2, -0.15) is 5.10 Å². The monoisotopic (exact) mass is 385 g/mol. The summed E-state index contributed by atoms with van der Waals surface area (Å²) in [7, 11) is 2.02. The van der Waals surface area contributed by atoms with Gasteiger partial charge < -0.3 is 9.42 Å². The molecule has 0 aliphatic carbocycles. The number of carbonyl (C=O) groups excluding carboxylic acids is 1. The lowest BCUT2D eigenvalue weighted by molar-refractivity contribution is -0.132. The molecule has 4 rings (SSSR count). The highest BCUT2D eigenvalue weighted by Gasteiger charge is 2.46. The lowest BCUT2D eigenvalue weighted by Gasteiger charge is -2.38. The zero-order chi connectivity index (χ0) is 19.9. The lowest BCUT2D eigenvalue weighted by atomic mass is 9.87. The highest BCUT2D eigenvalue weighted by Crippen LogP contribution is 2.40. The summed E-state index contributed by atoms with van der Waals surface area (Å²) >= 11 is 0. The van der Waals surface area contributed by atoms with Gasteiger partial charge in [0.05, 0.1) is 23.6 Å². The van der Waals surface area contributed by atoms with Crippen molar-refractivity contribution in [3.05, 3.63) is 34.5 Å². The standard InChI is InChI=1S/C21H31N5O2/c1-15-12-18(24(4)22-15)13-25-10-5-7-21(9-11-25)8-6-20(27)26(21)14-19-16(2)23-28-17(19)3/h12H,5-11,13-14H2,1-4H3/t21-/m1/s1. The van der Waals surface area contributed by atoms with Crippen LogP contribution in [0.5, 0.6) is 0 Å². The van der Waals surface area contributed by atoms with E-state index in [1.807, 2.05) is 32.5 Å². The van der Waals surface area contributed by atoms with E-state index < -0.39 is 0 Å². The van der Waals surface area contributed by atoms with Crippen LogP contribution in [0.2, 0.25) is 0 Å². The maximum absolute atomic E-state index is 12.8. The second-order valence-electron chi connectivity index (χ2n) is 8.54. The van der Waals surface area contributed by atoms with E-state index in [0.29, 0.717) is 13.0 Å². The molecule has 2 fully saturated rings. The Hall–Kier alpha value is -2.15. The molecule has 0 radical (unpaired) electrons. The molecule has 1 amide bonds. The van der Waals surface area contributed by atoms with Crippen molar-refractivity contribution in [3.8, 4) is 0 Å².